The van der Waals surface area contributed by atoms with Gasteiger partial charge in [-0.15, -0.1) is 0 Å². The van der Waals surface area contributed by atoms with Gasteiger partial charge in [-0.1, -0.05) is 12.2 Å². The van der Waals surface area contributed by atoms with E-state index in [9.17, 15) is 14.6 Å². The van der Waals surface area contributed by atoms with E-state index in [1.54, 1.807) is 17.1 Å². The highest BCUT2D eigenvalue weighted by molar-refractivity contribution is 5.83. The lowest BCUT2D eigenvalue weighted by molar-refractivity contribution is 0.0354. The van der Waals surface area contributed by atoms with Gasteiger partial charge in [0.1, 0.15) is 17.2 Å². The van der Waals surface area contributed by atoms with Crippen LogP contribution in [0.25, 0.3) is 0 Å². The van der Waals surface area contributed by atoms with E-state index in [1.807, 2.05) is 0 Å². The minimum Gasteiger partial charge on any atom is -0.389 e. The van der Waals surface area contributed by atoms with Crippen LogP contribution in [0.15, 0.2) is 18.3 Å². The van der Waals surface area contributed by atoms with Gasteiger partial charge < -0.3 is 26.2 Å². The average molecular weight is 266 g/mol. The standard InChI is InChI=1S/C12H15FN4O2/c13-7-3-15-12(14)9-10(7)17(5-16-9)4-6-1-2-8(18)11(6)19/h1-3,6,8,11,16,18-19H,4-5H2,(H2,14,15). The van der Waals surface area contributed by atoms with Crippen LogP contribution in [0.3, 0.4) is 0 Å². The minimum atomic E-state index is -0.855. The molecule has 3 rings (SSSR count). The van der Waals surface area contributed by atoms with Gasteiger partial charge in [-0.25, -0.2) is 9.37 Å². The highest BCUT2D eigenvalue weighted by atomic mass is 19.1. The first-order valence-corrected chi connectivity index (χ1v) is 6.05. The molecule has 3 unspecified atom stereocenters. The summed E-state index contributed by atoms with van der Waals surface area (Å²) in [5.74, 6) is -0.441. The molecule has 1 aliphatic heterocycles. The molecule has 19 heavy (non-hydrogen) atoms. The number of rotatable bonds is 2. The molecule has 1 aliphatic carbocycles. The number of aromatic nitrogens is 1. The summed E-state index contributed by atoms with van der Waals surface area (Å²) in [5, 5.41) is 22.2. The van der Waals surface area contributed by atoms with Crippen molar-refractivity contribution in [2.45, 2.75) is 12.2 Å². The number of pyridine rings is 1. The summed E-state index contributed by atoms with van der Waals surface area (Å²) in [6, 6.07) is 0. The third kappa shape index (κ3) is 1.91. The molecule has 0 spiro atoms. The summed E-state index contributed by atoms with van der Waals surface area (Å²) >= 11 is 0. The van der Waals surface area contributed by atoms with Crippen molar-refractivity contribution in [2.24, 2.45) is 5.92 Å². The number of halogens is 1. The van der Waals surface area contributed by atoms with Gasteiger partial charge in [-0.2, -0.15) is 0 Å². The Bertz CT molecular complexity index is 537. The molecule has 6 nitrogen and oxygen atoms in total. The van der Waals surface area contributed by atoms with Crippen molar-refractivity contribution in [1.82, 2.24) is 4.98 Å². The van der Waals surface area contributed by atoms with E-state index in [2.05, 4.69) is 10.3 Å². The molecule has 0 aromatic carbocycles. The van der Waals surface area contributed by atoms with E-state index in [4.69, 9.17) is 5.73 Å². The number of fused-ring (bicyclic) bond motifs is 1. The second-order valence-electron chi connectivity index (χ2n) is 4.80. The van der Waals surface area contributed by atoms with Crippen LogP contribution in [-0.4, -0.2) is 40.6 Å². The zero-order chi connectivity index (χ0) is 13.6. The highest BCUT2D eigenvalue weighted by Gasteiger charge is 2.33. The van der Waals surface area contributed by atoms with E-state index < -0.39 is 18.0 Å². The first-order chi connectivity index (χ1) is 9.08. The number of aliphatic hydroxyl groups excluding tert-OH is 2. The first kappa shape index (κ1) is 12.2. The molecule has 102 valence electrons. The number of anilines is 3. The van der Waals surface area contributed by atoms with Crippen LogP contribution in [0.2, 0.25) is 0 Å². The van der Waals surface area contributed by atoms with E-state index in [0.717, 1.165) is 6.20 Å². The number of hydrogen-bond acceptors (Lipinski definition) is 6. The molecule has 1 aromatic rings. The van der Waals surface area contributed by atoms with Crippen LogP contribution in [0.1, 0.15) is 0 Å². The normalized spacial score (nSPS) is 28.6. The van der Waals surface area contributed by atoms with Gasteiger partial charge in [0.15, 0.2) is 5.82 Å². The molecule has 0 saturated carbocycles. The van der Waals surface area contributed by atoms with Gasteiger partial charge in [0.05, 0.1) is 25.1 Å². The molecular formula is C12H15FN4O2. The average Bonchev–Trinajstić information content (AvgIpc) is 2.94. The SMILES string of the molecule is Nc1ncc(F)c2c1NCN2CC1C=CC(O)C1O. The molecule has 2 aliphatic rings. The summed E-state index contributed by atoms with van der Waals surface area (Å²) in [4.78, 5) is 5.50. The Morgan fingerprint density at radius 1 is 1.47 bits per heavy atom. The monoisotopic (exact) mass is 266 g/mol. The summed E-state index contributed by atoms with van der Waals surface area (Å²) in [7, 11) is 0. The molecule has 0 saturated heterocycles. The maximum Gasteiger partial charge on any atom is 0.167 e. The van der Waals surface area contributed by atoms with Crippen LogP contribution < -0.4 is 16.0 Å². The quantitative estimate of drug-likeness (QED) is 0.558. The second kappa shape index (κ2) is 4.36. The van der Waals surface area contributed by atoms with Crippen molar-refractivity contribution in [1.29, 1.82) is 0 Å². The van der Waals surface area contributed by atoms with Crippen LogP contribution in [0.4, 0.5) is 21.6 Å². The third-order valence-corrected chi connectivity index (χ3v) is 3.57. The third-order valence-electron chi connectivity index (χ3n) is 3.57. The van der Waals surface area contributed by atoms with Gasteiger partial charge >= 0.3 is 0 Å². The molecular weight excluding hydrogens is 251 g/mol. The minimum absolute atomic E-state index is 0.239. The molecule has 0 bridgehead atoms. The molecule has 7 heteroatoms. The Hall–Kier alpha value is -1.86. The van der Waals surface area contributed by atoms with Crippen LogP contribution >= 0.6 is 0 Å². The number of nitrogens with zero attached hydrogens (tertiary/aromatic N) is 2. The number of nitrogens with two attached hydrogens (primary N) is 1. The molecule has 0 radical (unpaired) electrons. The zero-order valence-corrected chi connectivity index (χ0v) is 10.1. The van der Waals surface area contributed by atoms with E-state index in [1.165, 1.54) is 0 Å². The summed E-state index contributed by atoms with van der Waals surface area (Å²) in [6.07, 6.45) is 2.68. The van der Waals surface area contributed by atoms with Crippen molar-refractivity contribution < 1.29 is 14.6 Å². The topological polar surface area (TPSA) is 94.6 Å². The van der Waals surface area contributed by atoms with Gasteiger partial charge in [0.25, 0.3) is 0 Å². The van der Waals surface area contributed by atoms with Crippen molar-refractivity contribution in [3.63, 3.8) is 0 Å². The van der Waals surface area contributed by atoms with Gasteiger partial charge in [-0.05, 0) is 0 Å². The summed E-state index contributed by atoms with van der Waals surface area (Å²) in [5.41, 5.74) is 6.54. The van der Waals surface area contributed by atoms with Crippen LogP contribution in [0.5, 0.6) is 0 Å². The molecule has 0 fully saturated rings. The lowest BCUT2D eigenvalue weighted by Crippen LogP contribution is -2.36. The lowest BCUT2D eigenvalue weighted by atomic mass is 10.0. The maximum atomic E-state index is 13.8. The fourth-order valence-corrected chi connectivity index (χ4v) is 2.55. The second-order valence-corrected chi connectivity index (χ2v) is 4.80. The molecule has 1 aromatic heterocycles. The van der Waals surface area contributed by atoms with Crippen molar-refractivity contribution in [2.75, 3.05) is 29.2 Å². The number of aliphatic hydroxyl groups is 2. The largest absolute Gasteiger partial charge is 0.389 e. The van der Waals surface area contributed by atoms with Gasteiger partial charge in [0, 0.05) is 12.5 Å². The van der Waals surface area contributed by atoms with E-state index in [-0.39, 0.29) is 11.7 Å². The van der Waals surface area contributed by atoms with E-state index >= 15 is 0 Å². The van der Waals surface area contributed by atoms with Crippen molar-refractivity contribution in [3.05, 3.63) is 24.2 Å². The smallest absolute Gasteiger partial charge is 0.167 e. The highest BCUT2D eigenvalue weighted by Crippen LogP contribution is 2.38. The van der Waals surface area contributed by atoms with Crippen LogP contribution in [0, 0.1) is 11.7 Å². The molecule has 5 N–H and O–H groups in total. The fourth-order valence-electron chi connectivity index (χ4n) is 2.55. The Kier molecular flexibility index (Phi) is 2.79. The van der Waals surface area contributed by atoms with Crippen molar-refractivity contribution >= 4 is 17.2 Å². The predicted molar refractivity (Wildman–Crippen MR) is 69.1 cm³/mol. The number of hydrogen-bond donors (Lipinski definition) is 4. The number of nitrogens with one attached hydrogen (secondary N) is 1. The van der Waals surface area contributed by atoms with E-state index in [0.29, 0.717) is 24.6 Å². The maximum absolute atomic E-state index is 13.8. The van der Waals surface area contributed by atoms with Gasteiger partial charge in [-0.3, -0.25) is 0 Å². The first-order valence-electron chi connectivity index (χ1n) is 6.05. The Labute approximate surface area is 109 Å². The Balaban J connectivity index is 1.84. The van der Waals surface area contributed by atoms with Gasteiger partial charge in [0.2, 0.25) is 0 Å². The molecule has 0 amide bonds. The Morgan fingerprint density at radius 3 is 2.95 bits per heavy atom. The molecule has 3 atom stereocenters. The summed E-state index contributed by atoms with van der Waals surface area (Å²) < 4.78 is 13.8. The zero-order valence-electron chi connectivity index (χ0n) is 10.1. The number of nitrogen functional groups attached to an aromatic ring is 1. The molecule has 2 heterocycles. The summed E-state index contributed by atoms with van der Waals surface area (Å²) in [6.45, 7) is 0.796. The van der Waals surface area contributed by atoms with Crippen LogP contribution in [-0.2, 0) is 0 Å². The fraction of sp³-hybridized carbons (Fsp3) is 0.417. The lowest BCUT2D eigenvalue weighted by Gasteiger charge is -2.24. The predicted octanol–water partition coefficient (Wildman–Crippen LogP) is -0.0999. The van der Waals surface area contributed by atoms with Crippen molar-refractivity contribution in [3.8, 4) is 0 Å². The Morgan fingerprint density at radius 2 is 2.26 bits per heavy atom.